The number of rotatable bonds is 2. The zero-order chi connectivity index (χ0) is 10.1. The molecule has 1 atom stereocenters. The van der Waals surface area contributed by atoms with E-state index in [1.807, 2.05) is 6.92 Å². The zero-order valence-corrected chi connectivity index (χ0v) is 8.69. The number of hydrogen-bond donors (Lipinski definition) is 1. The highest BCUT2D eigenvalue weighted by atomic mass is 32.1. The van der Waals surface area contributed by atoms with Crippen molar-refractivity contribution < 1.29 is 5.11 Å². The first kappa shape index (κ1) is 9.29. The van der Waals surface area contributed by atoms with Gasteiger partial charge in [0.05, 0.1) is 22.3 Å². The third-order valence-electron chi connectivity index (χ3n) is 1.93. The average Bonchev–Trinajstić information content (AvgIpc) is 2.73. The first-order valence-electron chi connectivity index (χ1n) is 4.12. The van der Waals surface area contributed by atoms with Gasteiger partial charge in [0.25, 0.3) is 0 Å². The molecule has 0 bridgehead atoms. The second-order valence-corrected chi connectivity index (χ2v) is 3.85. The molecule has 0 aliphatic rings. The Hall–Kier alpha value is -1.27. The van der Waals surface area contributed by atoms with Crippen LogP contribution >= 0.6 is 11.3 Å². The van der Waals surface area contributed by atoms with E-state index in [0.29, 0.717) is 5.69 Å². The molecule has 0 saturated carbocycles. The summed E-state index contributed by atoms with van der Waals surface area (Å²) >= 11 is 1.42. The van der Waals surface area contributed by atoms with E-state index in [1.54, 1.807) is 18.8 Å². The Kier molecular flexibility index (Phi) is 2.30. The first-order valence-corrected chi connectivity index (χ1v) is 5.00. The SMILES string of the molecule is Cc1ncsc1C(O)c1cnn(C)n1. The maximum Gasteiger partial charge on any atom is 0.135 e. The van der Waals surface area contributed by atoms with E-state index in [0.717, 1.165) is 10.6 Å². The molecule has 2 aromatic heterocycles. The van der Waals surface area contributed by atoms with Gasteiger partial charge in [0, 0.05) is 7.05 Å². The van der Waals surface area contributed by atoms with E-state index in [4.69, 9.17) is 0 Å². The second kappa shape index (κ2) is 3.47. The Labute approximate surface area is 85.0 Å². The summed E-state index contributed by atoms with van der Waals surface area (Å²) in [5, 5.41) is 17.9. The molecule has 0 aliphatic heterocycles. The monoisotopic (exact) mass is 210 g/mol. The molecule has 2 rings (SSSR count). The van der Waals surface area contributed by atoms with Crippen LogP contribution in [0.5, 0.6) is 0 Å². The van der Waals surface area contributed by atoms with E-state index in [1.165, 1.54) is 16.1 Å². The summed E-state index contributed by atoms with van der Waals surface area (Å²) < 4.78 is 0. The lowest BCUT2D eigenvalue weighted by Crippen LogP contribution is -2.01. The molecule has 74 valence electrons. The smallest absolute Gasteiger partial charge is 0.135 e. The number of aliphatic hydroxyl groups is 1. The molecule has 0 saturated heterocycles. The summed E-state index contributed by atoms with van der Waals surface area (Å²) in [5.74, 6) is 0. The molecule has 0 aliphatic carbocycles. The van der Waals surface area contributed by atoms with Gasteiger partial charge in [-0.2, -0.15) is 15.0 Å². The zero-order valence-electron chi connectivity index (χ0n) is 7.88. The Morgan fingerprint density at radius 2 is 2.36 bits per heavy atom. The largest absolute Gasteiger partial charge is 0.381 e. The fourth-order valence-corrected chi connectivity index (χ4v) is 1.99. The molecule has 2 heterocycles. The third-order valence-corrected chi connectivity index (χ3v) is 2.91. The van der Waals surface area contributed by atoms with Gasteiger partial charge >= 0.3 is 0 Å². The van der Waals surface area contributed by atoms with E-state index in [9.17, 15) is 5.11 Å². The Morgan fingerprint density at radius 1 is 1.57 bits per heavy atom. The normalized spacial score (nSPS) is 13.1. The number of aromatic nitrogens is 4. The third kappa shape index (κ3) is 1.53. The maximum atomic E-state index is 9.93. The van der Waals surface area contributed by atoms with Gasteiger partial charge in [-0.15, -0.1) is 11.3 Å². The topological polar surface area (TPSA) is 63.8 Å². The standard InChI is InChI=1S/C8H10N4OS/c1-5-8(14-4-9-5)7(13)6-3-10-12(2)11-6/h3-4,7,13H,1-2H3. The summed E-state index contributed by atoms with van der Waals surface area (Å²) in [6.07, 6.45) is 0.847. The van der Waals surface area contributed by atoms with Crippen LogP contribution in [-0.4, -0.2) is 25.1 Å². The highest BCUT2D eigenvalue weighted by Gasteiger charge is 2.17. The number of hydrogen-bond acceptors (Lipinski definition) is 5. The summed E-state index contributed by atoms with van der Waals surface area (Å²) in [7, 11) is 1.72. The Bertz CT molecular complexity index is 436. The molecule has 0 aromatic carbocycles. The van der Waals surface area contributed by atoms with E-state index in [-0.39, 0.29) is 0 Å². The van der Waals surface area contributed by atoms with Crippen molar-refractivity contribution in [3.05, 3.63) is 28.0 Å². The van der Waals surface area contributed by atoms with Crippen molar-refractivity contribution in [3.8, 4) is 0 Å². The molecular formula is C8H10N4OS. The molecule has 2 aromatic rings. The minimum absolute atomic E-state index is 0.555. The molecular weight excluding hydrogens is 200 g/mol. The van der Waals surface area contributed by atoms with Crippen molar-refractivity contribution in [3.63, 3.8) is 0 Å². The van der Waals surface area contributed by atoms with Crippen LogP contribution < -0.4 is 0 Å². The average molecular weight is 210 g/mol. The van der Waals surface area contributed by atoms with Gasteiger partial charge in [-0.25, -0.2) is 4.98 Å². The van der Waals surface area contributed by atoms with Gasteiger partial charge in [0.15, 0.2) is 0 Å². The van der Waals surface area contributed by atoms with Gasteiger partial charge in [-0.1, -0.05) is 0 Å². The van der Waals surface area contributed by atoms with Gasteiger partial charge in [-0.05, 0) is 6.92 Å². The molecule has 14 heavy (non-hydrogen) atoms. The fraction of sp³-hybridized carbons (Fsp3) is 0.375. The molecule has 0 spiro atoms. The predicted octanol–water partition coefficient (Wildman–Crippen LogP) is 0.662. The van der Waals surface area contributed by atoms with Crippen LogP contribution in [0, 0.1) is 6.92 Å². The van der Waals surface area contributed by atoms with Crippen molar-refractivity contribution in [2.24, 2.45) is 7.05 Å². The van der Waals surface area contributed by atoms with Gasteiger partial charge < -0.3 is 5.11 Å². The van der Waals surface area contributed by atoms with Gasteiger partial charge in [-0.3, -0.25) is 0 Å². The van der Waals surface area contributed by atoms with Crippen LogP contribution in [-0.2, 0) is 7.05 Å². The second-order valence-electron chi connectivity index (χ2n) is 2.96. The first-order chi connectivity index (χ1) is 6.68. The fourth-order valence-electron chi connectivity index (χ4n) is 1.19. The van der Waals surface area contributed by atoms with Gasteiger partial charge in [0.2, 0.25) is 0 Å². The quantitative estimate of drug-likeness (QED) is 0.791. The van der Waals surface area contributed by atoms with Crippen molar-refractivity contribution >= 4 is 11.3 Å². The van der Waals surface area contributed by atoms with Crippen molar-refractivity contribution in [2.75, 3.05) is 0 Å². The Morgan fingerprint density at radius 3 is 2.86 bits per heavy atom. The lowest BCUT2D eigenvalue weighted by atomic mass is 10.2. The number of aryl methyl sites for hydroxylation is 2. The molecule has 6 heteroatoms. The van der Waals surface area contributed by atoms with E-state index < -0.39 is 6.10 Å². The maximum absolute atomic E-state index is 9.93. The molecule has 0 radical (unpaired) electrons. The lowest BCUT2D eigenvalue weighted by Gasteiger charge is -2.04. The molecule has 0 amide bonds. The van der Waals surface area contributed by atoms with Crippen LogP contribution in [0.15, 0.2) is 11.7 Å². The summed E-state index contributed by atoms with van der Waals surface area (Å²) in [6, 6.07) is 0. The molecule has 1 unspecified atom stereocenters. The predicted molar refractivity (Wildman–Crippen MR) is 51.9 cm³/mol. The molecule has 5 nitrogen and oxygen atoms in total. The van der Waals surface area contributed by atoms with Crippen LogP contribution in [0.2, 0.25) is 0 Å². The van der Waals surface area contributed by atoms with Gasteiger partial charge in [0.1, 0.15) is 11.8 Å². The lowest BCUT2D eigenvalue weighted by molar-refractivity contribution is 0.217. The molecule has 1 N–H and O–H groups in total. The highest BCUT2D eigenvalue weighted by Crippen LogP contribution is 2.25. The van der Waals surface area contributed by atoms with Crippen molar-refractivity contribution in [2.45, 2.75) is 13.0 Å². The van der Waals surface area contributed by atoms with Crippen LogP contribution in [0.4, 0.5) is 0 Å². The van der Waals surface area contributed by atoms with Crippen LogP contribution in [0.25, 0.3) is 0 Å². The number of aliphatic hydroxyl groups excluding tert-OH is 1. The van der Waals surface area contributed by atoms with Crippen LogP contribution in [0.1, 0.15) is 22.4 Å². The number of thiazole rings is 1. The summed E-state index contributed by atoms with van der Waals surface area (Å²) in [4.78, 5) is 6.32. The minimum Gasteiger partial charge on any atom is -0.381 e. The van der Waals surface area contributed by atoms with Crippen molar-refractivity contribution in [1.29, 1.82) is 0 Å². The summed E-state index contributed by atoms with van der Waals surface area (Å²) in [6.45, 7) is 1.87. The molecule has 0 fully saturated rings. The highest BCUT2D eigenvalue weighted by molar-refractivity contribution is 7.09. The van der Waals surface area contributed by atoms with Crippen LogP contribution in [0.3, 0.4) is 0 Å². The van der Waals surface area contributed by atoms with Crippen molar-refractivity contribution in [1.82, 2.24) is 20.0 Å². The number of nitrogens with zero attached hydrogens (tertiary/aromatic N) is 4. The summed E-state index contributed by atoms with van der Waals surface area (Å²) in [5.41, 5.74) is 3.11. The Balaban J connectivity index is 2.33. The van der Waals surface area contributed by atoms with E-state index in [2.05, 4.69) is 15.2 Å². The minimum atomic E-state index is -0.712. The van der Waals surface area contributed by atoms with E-state index >= 15 is 0 Å².